The minimum absolute atomic E-state index is 0.0306. The summed E-state index contributed by atoms with van der Waals surface area (Å²) in [6, 6.07) is 3.73. The molecule has 32 heavy (non-hydrogen) atoms. The Balaban J connectivity index is 1.64. The summed E-state index contributed by atoms with van der Waals surface area (Å²) in [5.41, 5.74) is 8.91. The zero-order valence-corrected chi connectivity index (χ0v) is 20.2. The van der Waals surface area contributed by atoms with Crippen LogP contribution in [0.1, 0.15) is 63.8 Å². The maximum absolute atomic E-state index is 12.4. The van der Waals surface area contributed by atoms with E-state index in [0.29, 0.717) is 35.0 Å². The Bertz CT molecular complexity index is 846. The van der Waals surface area contributed by atoms with Gasteiger partial charge in [-0.2, -0.15) is 0 Å². The predicted molar refractivity (Wildman–Crippen MR) is 125 cm³/mol. The van der Waals surface area contributed by atoms with Crippen LogP contribution in [0.25, 0.3) is 5.70 Å². The highest BCUT2D eigenvalue weighted by Gasteiger charge is 2.46. The van der Waals surface area contributed by atoms with Crippen LogP contribution in [0.3, 0.4) is 0 Å². The summed E-state index contributed by atoms with van der Waals surface area (Å²) in [5, 5.41) is 1.37. The lowest BCUT2D eigenvalue weighted by Gasteiger charge is -2.24. The van der Waals surface area contributed by atoms with E-state index >= 15 is 0 Å². The molecule has 1 atom stereocenters. The number of hydrogen-bond acceptors (Lipinski definition) is 7. The van der Waals surface area contributed by atoms with E-state index in [0.717, 1.165) is 30.7 Å². The van der Waals surface area contributed by atoms with E-state index in [9.17, 15) is 4.79 Å². The summed E-state index contributed by atoms with van der Waals surface area (Å²) < 4.78 is 11.7. The third kappa shape index (κ3) is 6.06. The van der Waals surface area contributed by atoms with Crippen molar-refractivity contribution in [2.24, 2.45) is 22.9 Å². The number of nitrogens with two attached hydrogens (primary N) is 2. The fourth-order valence-corrected chi connectivity index (χ4v) is 4.24. The summed E-state index contributed by atoms with van der Waals surface area (Å²) in [5.74, 6) is 7.29. The van der Waals surface area contributed by atoms with Crippen LogP contribution >= 0.6 is 0 Å². The van der Waals surface area contributed by atoms with Crippen molar-refractivity contribution in [3.05, 3.63) is 29.2 Å². The highest BCUT2D eigenvalue weighted by Crippen LogP contribution is 2.51. The van der Waals surface area contributed by atoms with Crippen LogP contribution in [0.2, 0.25) is 0 Å². The van der Waals surface area contributed by atoms with E-state index < -0.39 is 0 Å². The predicted octanol–water partition coefficient (Wildman–Crippen LogP) is 3.65. The average molecular weight is 446 g/mol. The lowest BCUT2D eigenvalue weighted by molar-refractivity contribution is 0.110. The molecular formula is C24H39N5O3. The Hall–Kier alpha value is -2.48. The van der Waals surface area contributed by atoms with Crippen LogP contribution in [0.15, 0.2) is 17.8 Å². The van der Waals surface area contributed by atoms with Crippen molar-refractivity contribution >= 4 is 11.8 Å². The highest BCUT2D eigenvalue weighted by atomic mass is 16.6. The van der Waals surface area contributed by atoms with Crippen molar-refractivity contribution in [1.29, 1.82) is 0 Å². The van der Waals surface area contributed by atoms with E-state index in [1.165, 1.54) is 24.3 Å². The van der Waals surface area contributed by atoms with Gasteiger partial charge in [0.2, 0.25) is 0 Å². The second kappa shape index (κ2) is 9.98. The second-order valence-corrected chi connectivity index (χ2v) is 9.95. The second-order valence-electron chi connectivity index (χ2n) is 9.95. The summed E-state index contributed by atoms with van der Waals surface area (Å²) in [4.78, 5) is 18.7. The Kier molecular flexibility index (Phi) is 7.54. The van der Waals surface area contributed by atoms with Crippen molar-refractivity contribution in [3.8, 4) is 5.75 Å². The maximum Gasteiger partial charge on any atom is 0.409 e. The quantitative estimate of drug-likeness (QED) is 0.464. The fraction of sp³-hybridized carbons (Fsp3) is 0.667. The number of aromatic nitrogens is 1. The molecule has 0 bridgehead atoms. The molecule has 2 aliphatic rings. The largest absolute Gasteiger partial charge is 0.489 e. The Morgan fingerprint density at radius 1 is 1.22 bits per heavy atom. The molecule has 8 nitrogen and oxygen atoms in total. The molecule has 1 heterocycles. The first-order chi connectivity index (χ1) is 15.1. The van der Waals surface area contributed by atoms with Crippen LogP contribution in [-0.4, -0.2) is 54.3 Å². The number of amides is 1. The Morgan fingerprint density at radius 3 is 2.44 bits per heavy atom. The van der Waals surface area contributed by atoms with Gasteiger partial charge in [-0.25, -0.2) is 15.6 Å². The molecule has 2 aliphatic carbocycles. The molecule has 1 aromatic heterocycles. The Morgan fingerprint density at radius 2 is 1.88 bits per heavy atom. The van der Waals surface area contributed by atoms with Gasteiger partial charge in [-0.1, -0.05) is 20.3 Å². The van der Waals surface area contributed by atoms with Gasteiger partial charge in [0.05, 0.1) is 28.9 Å². The molecule has 8 heteroatoms. The summed E-state index contributed by atoms with van der Waals surface area (Å²) in [6.07, 6.45) is 6.87. The molecule has 178 valence electrons. The zero-order chi connectivity index (χ0) is 23.5. The zero-order valence-electron chi connectivity index (χ0n) is 20.2. The van der Waals surface area contributed by atoms with Gasteiger partial charge in [0.1, 0.15) is 12.4 Å². The molecule has 0 radical (unpaired) electrons. The number of rotatable bonds is 8. The first-order valence-corrected chi connectivity index (χ1v) is 11.6. The van der Waals surface area contributed by atoms with Crippen LogP contribution in [0.4, 0.5) is 4.79 Å². The van der Waals surface area contributed by atoms with Gasteiger partial charge in [0.15, 0.2) is 0 Å². The molecule has 3 rings (SSSR count). The van der Waals surface area contributed by atoms with Crippen molar-refractivity contribution in [3.63, 3.8) is 0 Å². The highest BCUT2D eigenvalue weighted by molar-refractivity contribution is 5.68. The minimum atomic E-state index is -0.389. The number of pyridine rings is 1. The molecule has 1 unspecified atom stereocenters. The number of nitrogens with zero attached hydrogens (tertiary/aromatic N) is 3. The number of aryl methyl sites for hydroxylation is 1. The van der Waals surface area contributed by atoms with Gasteiger partial charge < -0.3 is 25.1 Å². The molecule has 1 amide bonds. The molecule has 0 saturated heterocycles. The minimum Gasteiger partial charge on any atom is -0.489 e. The number of hydrogen-bond donors (Lipinski definition) is 2. The average Bonchev–Trinajstić information content (AvgIpc) is 3.35. The number of likely N-dealkylation sites (N-methyl/N-ethyl adjacent to an activating group) is 1. The third-order valence-electron chi connectivity index (χ3n) is 6.75. The molecule has 0 spiro atoms. The molecule has 0 aromatic carbocycles. The number of hydrazine groups is 1. The molecular weight excluding hydrogens is 406 g/mol. The van der Waals surface area contributed by atoms with Crippen molar-refractivity contribution in [1.82, 2.24) is 14.9 Å². The normalized spacial score (nSPS) is 20.9. The SMILES string of the molecule is Cc1nc(/C(N)=C(\COC(=O)N(C)CC2CC2(C)C)N(C)N)ccc1OC1CCCCC1. The molecule has 4 N–H and O–H groups in total. The van der Waals surface area contributed by atoms with Crippen LogP contribution in [0.5, 0.6) is 5.75 Å². The van der Waals surface area contributed by atoms with Crippen LogP contribution < -0.4 is 16.3 Å². The lowest BCUT2D eigenvalue weighted by atomic mass is 9.98. The summed E-state index contributed by atoms with van der Waals surface area (Å²) in [6.45, 7) is 6.98. The van der Waals surface area contributed by atoms with Crippen LogP contribution in [0, 0.1) is 18.3 Å². The van der Waals surface area contributed by atoms with Gasteiger partial charge in [-0.15, -0.1) is 0 Å². The van der Waals surface area contributed by atoms with Crippen molar-refractivity contribution in [2.45, 2.75) is 65.4 Å². The first kappa shape index (κ1) is 24.2. The smallest absolute Gasteiger partial charge is 0.409 e. The number of carbonyl (C=O) groups excluding carboxylic acids is 1. The van der Waals surface area contributed by atoms with Gasteiger partial charge in [-0.05, 0) is 62.5 Å². The van der Waals surface area contributed by atoms with E-state index in [4.69, 9.17) is 21.1 Å². The van der Waals surface area contributed by atoms with Gasteiger partial charge in [-0.3, -0.25) is 0 Å². The fourth-order valence-electron chi connectivity index (χ4n) is 4.24. The summed E-state index contributed by atoms with van der Waals surface area (Å²) >= 11 is 0. The number of carbonyl (C=O) groups is 1. The van der Waals surface area contributed by atoms with Gasteiger partial charge in [0, 0.05) is 20.6 Å². The topological polar surface area (TPSA) is 107 Å². The van der Waals surface area contributed by atoms with Crippen molar-refractivity contribution in [2.75, 3.05) is 27.2 Å². The van der Waals surface area contributed by atoms with E-state index in [1.54, 1.807) is 19.0 Å². The van der Waals surface area contributed by atoms with E-state index in [1.807, 2.05) is 19.1 Å². The summed E-state index contributed by atoms with van der Waals surface area (Å²) in [7, 11) is 3.42. The van der Waals surface area contributed by atoms with Crippen LogP contribution in [-0.2, 0) is 4.74 Å². The molecule has 1 aromatic rings. The third-order valence-corrected chi connectivity index (χ3v) is 6.75. The standard InChI is InChI=1S/C24H39N5O3/c1-16-21(32-18-9-7-6-8-10-18)12-11-19(27-16)22(25)20(29(5)26)15-31-23(30)28(4)14-17-13-24(17,2)3/h11-12,17-18H,6-10,13-15,25-26H2,1-5H3/b22-20-. The maximum atomic E-state index is 12.4. The van der Waals surface area contributed by atoms with Gasteiger partial charge >= 0.3 is 6.09 Å². The number of ether oxygens (including phenoxy) is 2. The van der Waals surface area contributed by atoms with Gasteiger partial charge in [0.25, 0.3) is 0 Å². The lowest BCUT2D eigenvalue weighted by Crippen LogP contribution is -2.34. The van der Waals surface area contributed by atoms with E-state index in [2.05, 4.69) is 18.8 Å². The van der Waals surface area contributed by atoms with Crippen molar-refractivity contribution < 1.29 is 14.3 Å². The molecule has 2 fully saturated rings. The Labute approximate surface area is 191 Å². The molecule has 0 aliphatic heterocycles. The monoisotopic (exact) mass is 445 g/mol. The van der Waals surface area contributed by atoms with E-state index in [-0.39, 0.29) is 18.8 Å². The first-order valence-electron chi connectivity index (χ1n) is 11.6. The molecule has 2 saturated carbocycles.